The number of benzene rings is 2. The van der Waals surface area contributed by atoms with Crippen LogP contribution in [0.2, 0.25) is 0 Å². The zero-order valence-corrected chi connectivity index (χ0v) is 19.6. The number of amides is 1. The fraction of sp³-hybridized carbons (Fsp3) is 0.375. The van der Waals surface area contributed by atoms with Gasteiger partial charge in [0.1, 0.15) is 11.6 Å². The van der Waals surface area contributed by atoms with E-state index < -0.39 is 40.1 Å². The fourth-order valence-corrected chi connectivity index (χ4v) is 3.12. The SMILES string of the molecule is CCOC(=O)[C@@](F)(C(=O)c1ccc([N+](=O)[O-])cc1)[C@@H](NC(=O)OC(C)(C)C)c1ccc(C)cc1. The van der Waals surface area contributed by atoms with Crippen molar-refractivity contribution >= 4 is 23.5 Å². The third-order valence-electron chi connectivity index (χ3n) is 4.71. The lowest BCUT2D eigenvalue weighted by Gasteiger charge is -2.32. The summed E-state index contributed by atoms with van der Waals surface area (Å²) in [4.78, 5) is 49.1. The maximum atomic E-state index is 16.7. The van der Waals surface area contributed by atoms with Crippen molar-refractivity contribution in [2.45, 2.75) is 51.9 Å². The summed E-state index contributed by atoms with van der Waals surface area (Å²) in [6, 6.07) is 8.47. The molecule has 0 aromatic heterocycles. The number of rotatable bonds is 8. The summed E-state index contributed by atoms with van der Waals surface area (Å²) < 4.78 is 26.8. The van der Waals surface area contributed by atoms with Crippen molar-refractivity contribution in [1.29, 1.82) is 0 Å². The molecule has 9 nitrogen and oxygen atoms in total. The lowest BCUT2D eigenvalue weighted by molar-refractivity contribution is -0.384. The average molecular weight is 474 g/mol. The van der Waals surface area contributed by atoms with Crippen LogP contribution in [0, 0.1) is 17.0 Å². The van der Waals surface area contributed by atoms with E-state index in [2.05, 4.69) is 5.32 Å². The summed E-state index contributed by atoms with van der Waals surface area (Å²) in [5.74, 6) is -2.84. The Morgan fingerprint density at radius 1 is 1.06 bits per heavy atom. The number of non-ortho nitro benzene ring substituents is 1. The van der Waals surface area contributed by atoms with Gasteiger partial charge in [-0.3, -0.25) is 14.9 Å². The molecule has 2 aromatic carbocycles. The molecule has 182 valence electrons. The second kappa shape index (κ2) is 10.4. The van der Waals surface area contributed by atoms with Crippen molar-refractivity contribution in [1.82, 2.24) is 5.32 Å². The number of hydrogen-bond donors (Lipinski definition) is 1. The Morgan fingerprint density at radius 3 is 2.09 bits per heavy atom. The minimum Gasteiger partial charge on any atom is -0.463 e. The van der Waals surface area contributed by atoms with Gasteiger partial charge in [0.15, 0.2) is 0 Å². The molecule has 0 aliphatic heterocycles. The Balaban J connectivity index is 2.64. The van der Waals surface area contributed by atoms with Gasteiger partial charge in [0.2, 0.25) is 5.78 Å². The van der Waals surface area contributed by atoms with Gasteiger partial charge in [-0.05, 0) is 52.3 Å². The molecule has 0 bridgehead atoms. The number of hydrogen-bond acceptors (Lipinski definition) is 7. The van der Waals surface area contributed by atoms with Crippen molar-refractivity contribution in [2.75, 3.05) is 6.61 Å². The number of ether oxygens (including phenoxy) is 2. The van der Waals surface area contributed by atoms with Crippen molar-refractivity contribution in [3.63, 3.8) is 0 Å². The predicted octanol–water partition coefficient (Wildman–Crippen LogP) is 4.62. The van der Waals surface area contributed by atoms with E-state index in [1.807, 2.05) is 0 Å². The Labute approximate surface area is 196 Å². The summed E-state index contributed by atoms with van der Waals surface area (Å²) in [6.45, 7) is 7.80. The van der Waals surface area contributed by atoms with E-state index in [1.165, 1.54) is 19.1 Å². The quantitative estimate of drug-likeness (QED) is 0.194. The Kier molecular flexibility index (Phi) is 8.09. The molecule has 0 fully saturated rings. The van der Waals surface area contributed by atoms with Crippen LogP contribution in [0.1, 0.15) is 55.2 Å². The van der Waals surface area contributed by atoms with Gasteiger partial charge in [-0.1, -0.05) is 29.8 Å². The first kappa shape index (κ1) is 26.4. The monoisotopic (exact) mass is 474 g/mol. The number of halogens is 1. The fourth-order valence-electron chi connectivity index (χ4n) is 3.12. The highest BCUT2D eigenvalue weighted by atomic mass is 19.1. The van der Waals surface area contributed by atoms with Gasteiger partial charge in [0.05, 0.1) is 11.5 Å². The van der Waals surface area contributed by atoms with E-state index >= 15 is 4.39 Å². The minimum atomic E-state index is -3.40. The predicted molar refractivity (Wildman–Crippen MR) is 121 cm³/mol. The molecule has 2 aromatic rings. The molecule has 2 rings (SSSR count). The molecule has 1 amide bonds. The summed E-state index contributed by atoms with van der Waals surface area (Å²) in [5, 5.41) is 13.2. The summed E-state index contributed by atoms with van der Waals surface area (Å²) in [5.41, 5.74) is -4.04. The number of nitrogens with one attached hydrogen (secondary N) is 1. The highest BCUT2D eigenvalue weighted by Gasteiger charge is 2.56. The molecule has 0 saturated heterocycles. The number of carbonyl (C=O) groups excluding carboxylic acids is 3. The van der Waals surface area contributed by atoms with E-state index in [-0.39, 0.29) is 23.4 Å². The average Bonchev–Trinajstić information content (AvgIpc) is 2.76. The lowest BCUT2D eigenvalue weighted by atomic mass is 9.83. The van der Waals surface area contributed by atoms with Crippen molar-refractivity contribution in [3.8, 4) is 0 Å². The lowest BCUT2D eigenvalue weighted by Crippen LogP contribution is -2.55. The summed E-state index contributed by atoms with van der Waals surface area (Å²) in [6.07, 6.45) is -1.05. The van der Waals surface area contributed by atoms with Crippen LogP contribution in [0.25, 0.3) is 0 Å². The third kappa shape index (κ3) is 6.15. The number of Topliss-reactive ketones (excluding diaryl/α,β-unsaturated/α-hetero) is 1. The normalized spacial score (nSPS) is 13.8. The van der Waals surface area contributed by atoms with Crippen LogP contribution in [-0.4, -0.2) is 40.6 Å². The topological polar surface area (TPSA) is 125 Å². The molecule has 0 saturated carbocycles. The summed E-state index contributed by atoms with van der Waals surface area (Å²) in [7, 11) is 0. The van der Waals surface area contributed by atoms with Gasteiger partial charge < -0.3 is 14.8 Å². The molecule has 0 aliphatic rings. The molecule has 0 spiro atoms. The van der Waals surface area contributed by atoms with Crippen molar-refractivity contribution in [3.05, 3.63) is 75.3 Å². The standard InChI is InChI=1S/C24H27FN2O7/c1-6-33-21(29)24(25,20(28)17-11-13-18(14-12-17)27(31)32)19(16-9-7-15(2)8-10-16)26-22(30)34-23(3,4)5/h7-14,19H,6H2,1-5H3,(H,26,30)/t19-,24-/m0/s1. The van der Waals surface area contributed by atoms with Crippen LogP contribution in [0.5, 0.6) is 0 Å². The largest absolute Gasteiger partial charge is 0.463 e. The van der Waals surface area contributed by atoms with Gasteiger partial charge in [-0.15, -0.1) is 0 Å². The van der Waals surface area contributed by atoms with E-state index in [0.717, 1.165) is 29.8 Å². The molecule has 10 heteroatoms. The van der Waals surface area contributed by atoms with E-state index in [4.69, 9.17) is 9.47 Å². The molecule has 1 N–H and O–H groups in total. The van der Waals surface area contributed by atoms with Gasteiger partial charge in [-0.2, -0.15) is 0 Å². The number of nitro groups is 1. The number of nitrogens with zero attached hydrogens (tertiary/aromatic N) is 1. The Hall–Kier alpha value is -3.82. The van der Waals surface area contributed by atoms with Crippen LogP contribution >= 0.6 is 0 Å². The Bertz CT molecular complexity index is 1060. The molecule has 0 heterocycles. The summed E-state index contributed by atoms with van der Waals surface area (Å²) >= 11 is 0. The van der Waals surface area contributed by atoms with Crippen LogP contribution in [-0.2, 0) is 14.3 Å². The second-order valence-corrected chi connectivity index (χ2v) is 8.56. The number of nitro benzene ring substituents is 1. The third-order valence-corrected chi connectivity index (χ3v) is 4.71. The molecule has 0 aliphatic carbocycles. The first-order chi connectivity index (χ1) is 15.8. The van der Waals surface area contributed by atoms with Gasteiger partial charge in [-0.25, -0.2) is 14.0 Å². The Morgan fingerprint density at radius 2 is 1.62 bits per heavy atom. The van der Waals surface area contributed by atoms with E-state index in [0.29, 0.717) is 0 Å². The van der Waals surface area contributed by atoms with Gasteiger partial charge >= 0.3 is 12.1 Å². The highest BCUT2D eigenvalue weighted by molar-refractivity contribution is 6.16. The van der Waals surface area contributed by atoms with E-state index in [1.54, 1.807) is 39.8 Å². The highest BCUT2D eigenvalue weighted by Crippen LogP contribution is 2.35. The van der Waals surface area contributed by atoms with Crippen LogP contribution in [0.3, 0.4) is 0 Å². The number of aryl methyl sites for hydroxylation is 1. The maximum Gasteiger partial charge on any atom is 0.408 e. The van der Waals surface area contributed by atoms with Crippen molar-refractivity contribution in [2.24, 2.45) is 0 Å². The maximum absolute atomic E-state index is 16.7. The first-order valence-corrected chi connectivity index (χ1v) is 10.5. The van der Waals surface area contributed by atoms with Crippen LogP contribution in [0.4, 0.5) is 14.9 Å². The van der Waals surface area contributed by atoms with E-state index in [9.17, 15) is 24.5 Å². The van der Waals surface area contributed by atoms with Gasteiger partial charge in [0.25, 0.3) is 11.4 Å². The number of carbonyl (C=O) groups is 3. The van der Waals surface area contributed by atoms with Crippen LogP contribution < -0.4 is 5.32 Å². The molecule has 0 unspecified atom stereocenters. The zero-order valence-electron chi connectivity index (χ0n) is 19.6. The number of ketones is 1. The second-order valence-electron chi connectivity index (χ2n) is 8.56. The molecular formula is C24H27FN2O7. The first-order valence-electron chi connectivity index (χ1n) is 10.5. The van der Waals surface area contributed by atoms with Crippen LogP contribution in [0.15, 0.2) is 48.5 Å². The minimum absolute atomic E-state index is 0.113. The number of alkyl halides is 1. The number of esters is 1. The molecule has 34 heavy (non-hydrogen) atoms. The van der Waals surface area contributed by atoms with Gasteiger partial charge in [0, 0.05) is 17.7 Å². The molecular weight excluding hydrogens is 447 g/mol. The zero-order chi connectivity index (χ0) is 25.7. The smallest absolute Gasteiger partial charge is 0.408 e. The molecule has 0 radical (unpaired) electrons. The molecule has 2 atom stereocenters. The number of alkyl carbamates (subject to hydrolysis) is 1. The van der Waals surface area contributed by atoms with Crippen molar-refractivity contribution < 1.29 is 33.2 Å².